The molecule has 0 aliphatic carbocycles. The molecular formula is C27H23Cl2N5O3. The Hall–Kier alpha value is -4.01. The van der Waals surface area contributed by atoms with Gasteiger partial charge >= 0.3 is 0 Å². The highest BCUT2D eigenvalue weighted by Crippen LogP contribution is 2.39. The van der Waals surface area contributed by atoms with E-state index in [1.54, 1.807) is 36.1 Å². The van der Waals surface area contributed by atoms with E-state index in [4.69, 9.17) is 32.7 Å². The monoisotopic (exact) mass is 535 g/mol. The summed E-state index contributed by atoms with van der Waals surface area (Å²) < 4.78 is 13.3. The fourth-order valence-corrected chi connectivity index (χ4v) is 4.71. The van der Waals surface area contributed by atoms with Gasteiger partial charge in [0.25, 0.3) is 5.91 Å². The van der Waals surface area contributed by atoms with Gasteiger partial charge in [-0.2, -0.15) is 10.1 Å². The van der Waals surface area contributed by atoms with Crippen molar-refractivity contribution in [1.82, 2.24) is 14.8 Å². The van der Waals surface area contributed by atoms with Gasteiger partial charge in [0.1, 0.15) is 19.0 Å². The smallest absolute Gasteiger partial charge is 0.255 e. The number of fused-ring (bicyclic) bond motifs is 1. The number of nitrogens with one attached hydrogen (secondary N) is 2. The molecule has 8 nitrogen and oxygen atoms in total. The fourth-order valence-electron chi connectivity index (χ4n) is 4.21. The Balaban J connectivity index is 1.48. The number of hydrogen-bond donors (Lipinski definition) is 2. The van der Waals surface area contributed by atoms with Gasteiger partial charge in [0.05, 0.1) is 12.7 Å². The van der Waals surface area contributed by atoms with Crippen LogP contribution in [0.3, 0.4) is 0 Å². The number of anilines is 2. The number of methoxy groups -OCH3 is 1. The van der Waals surface area contributed by atoms with Crippen LogP contribution in [0.25, 0.3) is 0 Å². The van der Waals surface area contributed by atoms with E-state index in [0.29, 0.717) is 50.0 Å². The number of nitrogens with zero attached hydrogens (tertiary/aromatic N) is 3. The van der Waals surface area contributed by atoms with Crippen molar-refractivity contribution < 1.29 is 14.3 Å². The van der Waals surface area contributed by atoms with E-state index in [1.807, 2.05) is 49.4 Å². The molecule has 10 heteroatoms. The summed E-state index contributed by atoms with van der Waals surface area (Å²) in [6.45, 7) is 2.01. The summed E-state index contributed by atoms with van der Waals surface area (Å²) in [4.78, 5) is 17.8. The van der Waals surface area contributed by atoms with Crippen molar-refractivity contribution >= 4 is 40.7 Å². The summed E-state index contributed by atoms with van der Waals surface area (Å²) in [6, 6.07) is 19.5. The topological polar surface area (TPSA) is 90.3 Å². The van der Waals surface area contributed by atoms with Crippen molar-refractivity contribution in [2.24, 2.45) is 0 Å². The zero-order valence-corrected chi connectivity index (χ0v) is 21.5. The first-order valence-corrected chi connectivity index (χ1v) is 12.2. The van der Waals surface area contributed by atoms with E-state index in [2.05, 4.69) is 20.7 Å². The summed E-state index contributed by atoms with van der Waals surface area (Å²) in [6.07, 6.45) is 1.45. The molecule has 1 aliphatic heterocycles. The van der Waals surface area contributed by atoms with Gasteiger partial charge in [-0.3, -0.25) is 4.79 Å². The van der Waals surface area contributed by atoms with Gasteiger partial charge in [-0.1, -0.05) is 53.5 Å². The predicted octanol–water partition coefficient (Wildman–Crippen LogP) is 6.10. The third-order valence-electron chi connectivity index (χ3n) is 6.01. The fraction of sp³-hybridized carbons (Fsp3) is 0.148. The van der Waals surface area contributed by atoms with E-state index < -0.39 is 6.04 Å². The highest BCUT2D eigenvalue weighted by molar-refractivity contribution is 6.35. The first-order valence-electron chi connectivity index (χ1n) is 11.4. The number of halogens is 2. The molecule has 188 valence electrons. The molecule has 0 unspecified atom stereocenters. The van der Waals surface area contributed by atoms with Crippen LogP contribution >= 0.6 is 23.2 Å². The van der Waals surface area contributed by atoms with Crippen LogP contribution in [-0.4, -0.2) is 27.8 Å². The van der Waals surface area contributed by atoms with Crippen LogP contribution < -0.4 is 20.1 Å². The van der Waals surface area contributed by atoms with Gasteiger partial charge < -0.3 is 20.1 Å². The highest BCUT2D eigenvalue weighted by atomic mass is 35.5. The Bertz CT molecular complexity index is 1470. The molecule has 0 spiro atoms. The Morgan fingerprint density at radius 3 is 2.54 bits per heavy atom. The second-order valence-corrected chi connectivity index (χ2v) is 9.13. The predicted molar refractivity (Wildman–Crippen MR) is 143 cm³/mol. The van der Waals surface area contributed by atoms with Crippen molar-refractivity contribution in [2.75, 3.05) is 17.7 Å². The number of ether oxygens (including phenoxy) is 2. The van der Waals surface area contributed by atoms with Gasteiger partial charge in [-0.15, -0.1) is 0 Å². The minimum atomic E-state index is -0.552. The first-order chi connectivity index (χ1) is 18.0. The van der Waals surface area contributed by atoms with Crippen LogP contribution in [0.4, 0.5) is 11.6 Å². The number of hydrogen-bond acceptors (Lipinski definition) is 6. The molecule has 1 amide bonds. The van der Waals surface area contributed by atoms with Gasteiger partial charge in [0.2, 0.25) is 5.95 Å². The highest BCUT2D eigenvalue weighted by Gasteiger charge is 2.34. The Morgan fingerprint density at radius 1 is 1.05 bits per heavy atom. The molecule has 1 aromatic heterocycles. The number of rotatable bonds is 7. The second kappa shape index (κ2) is 10.5. The minimum absolute atomic E-state index is 0.165. The number of benzene rings is 3. The van der Waals surface area contributed by atoms with E-state index in [-0.39, 0.29) is 12.5 Å². The SMILES string of the molecule is COc1cc([C@H]2C(C(=O)Nc3ccccc3)=C(C)Nc3ncnn32)ccc1OCc1c(Cl)cccc1Cl. The average molecular weight is 536 g/mol. The second-order valence-electron chi connectivity index (χ2n) is 8.31. The van der Waals surface area contributed by atoms with Crippen LogP contribution in [-0.2, 0) is 11.4 Å². The molecule has 2 heterocycles. The minimum Gasteiger partial charge on any atom is -0.493 e. The molecule has 0 saturated heterocycles. The number of para-hydroxylation sites is 1. The summed E-state index contributed by atoms with van der Waals surface area (Å²) in [7, 11) is 1.56. The Kier molecular flexibility index (Phi) is 7.03. The summed E-state index contributed by atoms with van der Waals surface area (Å²) in [5.41, 5.74) is 3.31. The molecule has 2 N–H and O–H groups in total. The standard InChI is InChI=1S/C27H23Cl2N5O3/c1-16-24(26(35)33-18-7-4-3-5-8-18)25(34-27(32-16)30-15-31-34)17-11-12-22(23(13-17)36-2)37-14-19-20(28)9-6-10-21(19)29/h3-13,15,25H,14H2,1-2H3,(H,33,35)(H,30,31,32)/t25-/m0/s1. The molecule has 0 bridgehead atoms. The molecule has 3 aromatic carbocycles. The van der Waals surface area contributed by atoms with Crippen LogP contribution in [0, 0.1) is 0 Å². The lowest BCUT2D eigenvalue weighted by atomic mass is 9.94. The van der Waals surface area contributed by atoms with Crippen LogP contribution in [0.5, 0.6) is 11.5 Å². The number of amides is 1. The lowest BCUT2D eigenvalue weighted by Gasteiger charge is -2.29. The molecule has 1 aliphatic rings. The zero-order chi connectivity index (χ0) is 25.9. The summed E-state index contributed by atoms with van der Waals surface area (Å²) in [5.74, 6) is 1.27. The van der Waals surface area contributed by atoms with Crippen molar-refractivity contribution in [3.05, 3.63) is 105 Å². The van der Waals surface area contributed by atoms with Crippen molar-refractivity contribution in [2.45, 2.75) is 19.6 Å². The van der Waals surface area contributed by atoms with Crippen molar-refractivity contribution in [1.29, 1.82) is 0 Å². The van der Waals surface area contributed by atoms with E-state index in [9.17, 15) is 4.79 Å². The lowest BCUT2D eigenvalue weighted by Crippen LogP contribution is -2.31. The van der Waals surface area contributed by atoms with Crippen molar-refractivity contribution in [3.63, 3.8) is 0 Å². The van der Waals surface area contributed by atoms with Crippen LogP contribution in [0.1, 0.15) is 24.1 Å². The van der Waals surface area contributed by atoms with Crippen molar-refractivity contribution in [3.8, 4) is 11.5 Å². The molecule has 1 atom stereocenters. The van der Waals surface area contributed by atoms with Gasteiger partial charge in [0, 0.05) is 27.0 Å². The molecular weight excluding hydrogens is 513 g/mol. The molecule has 4 aromatic rings. The summed E-state index contributed by atoms with van der Waals surface area (Å²) in [5, 5.41) is 11.6. The number of carbonyl (C=O) groups excluding carboxylic acids is 1. The number of carbonyl (C=O) groups is 1. The van der Waals surface area contributed by atoms with Gasteiger partial charge in [-0.25, -0.2) is 4.68 Å². The molecule has 37 heavy (non-hydrogen) atoms. The third kappa shape index (κ3) is 4.98. The van der Waals surface area contributed by atoms with E-state index in [0.717, 1.165) is 5.56 Å². The van der Waals surface area contributed by atoms with Gasteiger partial charge in [-0.05, 0) is 48.9 Å². The van der Waals surface area contributed by atoms with Crippen LogP contribution in [0.2, 0.25) is 10.0 Å². The maximum atomic E-state index is 13.5. The Labute approximate surface area is 223 Å². The number of aromatic nitrogens is 3. The molecule has 5 rings (SSSR count). The van der Waals surface area contributed by atoms with E-state index >= 15 is 0 Å². The quantitative estimate of drug-likeness (QED) is 0.297. The maximum absolute atomic E-state index is 13.5. The molecule has 0 fully saturated rings. The average Bonchev–Trinajstić information content (AvgIpc) is 3.36. The third-order valence-corrected chi connectivity index (χ3v) is 6.72. The normalized spacial score (nSPS) is 14.5. The van der Waals surface area contributed by atoms with E-state index in [1.165, 1.54) is 6.33 Å². The maximum Gasteiger partial charge on any atom is 0.255 e. The lowest BCUT2D eigenvalue weighted by molar-refractivity contribution is -0.113. The molecule has 0 saturated carbocycles. The van der Waals surface area contributed by atoms with Gasteiger partial charge in [0.15, 0.2) is 11.5 Å². The molecule has 0 radical (unpaired) electrons. The van der Waals surface area contributed by atoms with Crippen LogP contribution in [0.15, 0.2) is 84.3 Å². The summed E-state index contributed by atoms with van der Waals surface area (Å²) >= 11 is 12.6. The largest absolute Gasteiger partial charge is 0.493 e. The number of allylic oxidation sites excluding steroid dienone is 1. The zero-order valence-electron chi connectivity index (χ0n) is 20.0. The Morgan fingerprint density at radius 2 is 1.81 bits per heavy atom. The first kappa shape index (κ1) is 24.7.